The number of hydrogen-bond donors (Lipinski definition) is 4. The van der Waals surface area contributed by atoms with Gasteiger partial charge in [0.2, 0.25) is 0 Å². The average molecular weight is 238 g/mol. The molecule has 0 aromatic heterocycles. The fourth-order valence-electron chi connectivity index (χ4n) is 0.803. The number of rotatable bonds is 5. The van der Waals surface area contributed by atoms with Gasteiger partial charge < -0.3 is 10.9 Å². The number of nitrogens with two attached hydrogens (primary N) is 1. The van der Waals surface area contributed by atoms with Crippen molar-refractivity contribution in [3.63, 3.8) is 0 Å². The predicted molar refractivity (Wildman–Crippen MR) is 57.8 cm³/mol. The molecule has 0 rings (SSSR count). The van der Waals surface area contributed by atoms with Crippen LogP contribution in [-0.4, -0.2) is 31.5 Å². The van der Waals surface area contributed by atoms with Crippen LogP contribution < -0.4 is 15.2 Å². The number of hydrogen-bond acceptors (Lipinski definition) is 4. The topological polar surface area (TPSA) is 117 Å². The molecule has 0 aliphatic carbocycles. The lowest BCUT2D eigenvalue weighted by Gasteiger charge is -2.20. The second-order valence-corrected chi connectivity index (χ2v) is 5.59. The standard InChI is InChI=1S/C7H18N4O3S/c1-7(2,3)11-15(13,14)9-5-4-6(8)10-12/h9,11-12H,4-5H2,1-3H3,(H2,8,10). The molecule has 5 N–H and O–H groups in total. The van der Waals surface area contributed by atoms with Crippen molar-refractivity contribution in [2.75, 3.05) is 6.54 Å². The van der Waals surface area contributed by atoms with Gasteiger partial charge in [0.05, 0.1) is 0 Å². The van der Waals surface area contributed by atoms with Crippen LogP contribution in [0.1, 0.15) is 27.2 Å². The summed E-state index contributed by atoms with van der Waals surface area (Å²) in [6.07, 6.45) is 0.154. The molecular weight excluding hydrogens is 220 g/mol. The smallest absolute Gasteiger partial charge is 0.277 e. The molecule has 0 amide bonds. The van der Waals surface area contributed by atoms with E-state index in [2.05, 4.69) is 14.6 Å². The maximum absolute atomic E-state index is 11.4. The van der Waals surface area contributed by atoms with Crippen LogP contribution in [0.3, 0.4) is 0 Å². The van der Waals surface area contributed by atoms with Crippen LogP contribution in [0.25, 0.3) is 0 Å². The van der Waals surface area contributed by atoms with Gasteiger partial charge in [0.1, 0.15) is 5.84 Å². The molecule has 0 aliphatic heterocycles. The molecule has 90 valence electrons. The van der Waals surface area contributed by atoms with Gasteiger partial charge >= 0.3 is 0 Å². The van der Waals surface area contributed by atoms with Crippen molar-refractivity contribution in [2.24, 2.45) is 10.9 Å². The summed E-state index contributed by atoms with van der Waals surface area (Å²) in [5, 5.41) is 10.9. The quantitative estimate of drug-likeness (QED) is 0.220. The lowest BCUT2D eigenvalue weighted by Crippen LogP contribution is -2.47. The fourth-order valence-corrected chi connectivity index (χ4v) is 2.05. The van der Waals surface area contributed by atoms with Crippen molar-refractivity contribution in [3.8, 4) is 0 Å². The SMILES string of the molecule is CC(C)(C)NS(=O)(=O)NCCC(N)=NO. The van der Waals surface area contributed by atoms with Gasteiger partial charge in [0.25, 0.3) is 10.2 Å². The Hall–Kier alpha value is -0.860. The molecule has 0 heterocycles. The molecular formula is C7H18N4O3S. The maximum Gasteiger partial charge on any atom is 0.277 e. The minimum atomic E-state index is -3.54. The van der Waals surface area contributed by atoms with Crippen molar-refractivity contribution < 1.29 is 13.6 Å². The highest BCUT2D eigenvalue weighted by Crippen LogP contribution is 2.00. The Morgan fingerprint density at radius 2 is 2.00 bits per heavy atom. The summed E-state index contributed by atoms with van der Waals surface area (Å²) in [5.41, 5.74) is 4.64. The molecule has 7 nitrogen and oxygen atoms in total. The van der Waals surface area contributed by atoms with Crippen LogP contribution in [0.2, 0.25) is 0 Å². The van der Waals surface area contributed by atoms with Crippen LogP contribution in [0, 0.1) is 0 Å². The summed E-state index contributed by atoms with van der Waals surface area (Å²) in [5.74, 6) is -0.0199. The molecule has 0 aliphatic rings. The van der Waals surface area contributed by atoms with E-state index in [0.29, 0.717) is 0 Å². The fraction of sp³-hybridized carbons (Fsp3) is 0.857. The molecule has 0 saturated heterocycles. The van der Waals surface area contributed by atoms with E-state index in [4.69, 9.17) is 10.9 Å². The first kappa shape index (κ1) is 14.1. The van der Waals surface area contributed by atoms with E-state index in [1.807, 2.05) is 0 Å². The molecule has 15 heavy (non-hydrogen) atoms. The maximum atomic E-state index is 11.4. The summed E-state index contributed by atoms with van der Waals surface area (Å²) < 4.78 is 27.4. The summed E-state index contributed by atoms with van der Waals surface area (Å²) >= 11 is 0. The second-order valence-electron chi connectivity index (χ2n) is 4.09. The van der Waals surface area contributed by atoms with Crippen LogP contribution >= 0.6 is 0 Å². The zero-order valence-corrected chi connectivity index (χ0v) is 9.93. The minimum absolute atomic E-state index is 0.0199. The van der Waals surface area contributed by atoms with Gasteiger partial charge in [-0.05, 0) is 20.8 Å². The zero-order chi connectivity index (χ0) is 12.1. The number of nitrogens with zero attached hydrogens (tertiary/aromatic N) is 1. The predicted octanol–water partition coefficient (Wildman–Crippen LogP) is -0.655. The molecule has 0 radical (unpaired) electrons. The zero-order valence-electron chi connectivity index (χ0n) is 9.11. The molecule has 0 aromatic carbocycles. The highest BCUT2D eigenvalue weighted by Gasteiger charge is 2.18. The number of oxime groups is 1. The van der Waals surface area contributed by atoms with Crippen LogP contribution in [0.15, 0.2) is 5.16 Å². The molecule has 0 bridgehead atoms. The van der Waals surface area contributed by atoms with E-state index >= 15 is 0 Å². The Bertz CT molecular complexity index is 318. The van der Waals surface area contributed by atoms with Gasteiger partial charge in [0.15, 0.2) is 0 Å². The lowest BCUT2D eigenvalue weighted by molar-refractivity contribution is 0.317. The van der Waals surface area contributed by atoms with Crippen molar-refractivity contribution >= 4 is 16.0 Å². The summed E-state index contributed by atoms with van der Waals surface area (Å²) in [4.78, 5) is 0. The monoisotopic (exact) mass is 238 g/mol. The first-order chi connectivity index (χ1) is 6.66. The summed E-state index contributed by atoms with van der Waals surface area (Å²) in [6.45, 7) is 5.28. The van der Waals surface area contributed by atoms with Crippen LogP contribution in [-0.2, 0) is 10.2 Å². The second kappa shape index (κ2) is 5.29. The van der Waals surface area contributed by atoms with Crippen molar-refractivity contribution in [2.45, 2.75) is 32.7 Å². The average Bonchev–Trinajstić information content (AvgIpc) is 1.98. The molecule has 0 fully saturated rings. The van der Waals surface area contributed by atoms with E-state index in [0.717, 1.165) is 0 Å². The number of amidine groups is 1. The Morgan fingerprint density at radius 1 is 1.47 bits per heavy atom. The lowest BCUT2D eigenvalue weighted by atomic mass is 10.1. The van der Waals surface area contributed by atoms with Crippen molar-refractivity contribution in [3.05, 3.63) is 0 Å². The largest absolute Gasteiger partial charge is 0.409 e. The molecule has 0 saturated carbocycles. The first-order valence-electron chi connectivity index (χ1n) is 4.41. The van der Waals surface area contributed by atoms with Gasteiger partial charge in [-0.1, -0.05) is 5.16 Å². The van der Waals surface area contributed by atoms with Crippen LogP contribution in [0.5, 0.6) is 0 Å². The van der Waals surface area contributed by atoms with Gasteiger partial charge in [-0.2, -0.15) is 13.1 Å². The van der Waals surface area contributed by atoms with Gasteiger partial charge in [-0.25, -0.2) is 4.72 Å². The third kappa shape index (κ3) is 8.16. The van der Waals surface area contributed by atoms with E-state index in [-0.39, 0.29) is 18.8 Å². The van der Waals surface area contributed by atoms with Gasteiger partial charge in [-0.3, -0.25) is 0 Å². The Labute approximate surface area is 89.9 Å². The van der Waals surface area contributed by atoms with Gasteiger partial charge in [-0.15, -0.1) is 0 Å². The summed E-state index contributed by atoms with van der Waals surface area (Å²) in [6, 6.07) is 0. The van der Waals surface area contributed by atoms with E-state index in [1.165, 1.54) is 0 Å². The summed E-state index contributed by atoms with van der Waals surface area (Å²) in [7, 11) is -3.54. The van der Waals surface area contributed by atoms with E-state index in [1.54, 1.807) is 20.8 Å². The Balaban J connectivity index is 4.07. The molecule has 0 aromatic rings. The minimum Gasteiger partial charge on any atom is -0.409 e. The van der Waals surface area contributed by atoms with E-state index in [9.17, 15) is 8.42 Å². The molecule has 0 unspecified atom stereocenters. The third-order valence-corrected chi connectivity index (χ3v) is 2.71. The van der Waals surface area contributed by atoms with Crippen molar-refractivity contribution in [1.29, 1.82) is 0 Å². The number of nitrogens with one attached hydrogen (secondary N) is 2. The Morgan fingerprint density at radius 3 is 2.40 bits per heavy atom. The third-order valence-electron chi connectivity index (χ3n) is 1.24. The van der Waals surface area contributed by atoms with Gasteiger partial charge in [0, 0.05) is 18.5 Å². The highest BCUT2D eigenvalue weighted by atomic mass is 32.2. The molecule has 0 spiro atoms. The first-order valence-corrected chi connectivity index (χ1v) is 5.89. The molecule has 8 heteroatoms. The molecule has 0 atom stereocenters. The highest BCUT2D eigenvalue weighted by molar-refractivity contribution is 7.87. The van der Waals surface area contributed by atoms with E-state index < -0.39 is 15.7 Å². The van der Waals surface area contributed by atoms with Crippen LogP contribution in [0.4, 0.5) is 0 Å². The normalized spacial score (nSPS) is 14.2. The van der Waals surface area contributed by atoms with Crippen molar-refractivity contribution in [1.82, 2.24) is 9.44 Å². The Kier molecular flexibility index (Phi) is 4.98.